The van der Waals surface area contributed by atoms with Gasteiger partial charge in [-0.25, -0.2) is 4.68 Å². The number of nitrogens with one attached hydrogen (secondary N) is 1. The Balaban J connectivity index is 1.45. The first kappa shape index (κ1) is 17.9. The molecule has 1 aliphatic heterocycles. The lowest BCUT2D eigenvalue weighted by Crippen LogP contribution is -2.49. The normalized spacial score (nSPS) is 18.8. The summed E-state index contributed by atoms with van der Waals surface area (Å²) >= 11 is 0. The van der Waals surface area contributed by atoms with Crippen LogP contribution in [0.4, 0.5) is 0 Å². The minimum Gasteiger partial charge on any atom is -0.381 e. The summed E-state index contributed by atoms with van der Waals surface area (Å²) in [4.78, 5) is 25.2. The van der Waals surface area contributed by atoms with Crippen molar-refractivity contribution in [2.75, 3.05) is 19.8 Å². The monoisotopic (exact) mass is 367 g/mol. The van der Waals surface area contributed by atoms with E-state index in [2.05, 4.69) is 10.4 Å². The van der Waals surface area contributed by atoms with E-state index < -0.39 is 5.41 Å². The fraction of sp³-hybridized carbons (Fsp3) is 0.476. The first-order chi connectivity index (χ1) is 13.2. The van der Waals surface area contributed by atoms with Gasteiger partial charge in [0.15, 0.2) is 0 Å². The molecular weight excluding hydrogens is 342 g/mol. The highest BCUT2D eigenvalue weighted by Gasteiger charge is 2.41. The van der Waals surface area contributed by atoms with Crippen molar-refractivity contribution in [2.45, 2.75) is 43.6 Å². The highest BCUT2D eigenvalue weighted by atomic mass is 16.5. The molecule has 1 saturated heterocycles. The highest BCUT2D eigenvalue weighted by Crippen LogP contribution is 2.38. The Hall–Kier alpha value is -2.47. The number of ether oxygens (including phenoxy) is 1. The van der Waals surface area contributed by atoms with Gasteiger partial charge < -0.3 is 10.1 Å². The smallest absolute Gasteiger partial charge is 0.266 e. The SMILES string of the molecule is O=C(NCCn1nc(C2CC2)ccc1=O)C1(c2ccccc2)CCOCC1. The van der Waals surface area contributed by atoms with E-state index in [1.807, 2.05) is 36.4 Å². The van der Waals surface area contributed by atoms with E-state index in [4.69, 9.17) is 4.74 Å². The minimum absolute atomic E-state index is 0.00314. The molecule has 6 nitrogen and oxygen atoms in total. The first-order valence-electron chi connectivity index (χ1n) is 9.69. The van der Waals surface area contributed by atoms with Crippen LogP contribution in [0.25, 0.3) is 0 Å². The number of hydrogen-bond donors (Lipinski definition) is 1. The number of aromatic nitrogens is 2. The number of hydrogen-bond acceptors (Lipinski definition) is 4. The van der Waals surface area contributed by atoms with Crippen molar-refractivity contribution in [3.05, 3.63) is 64.1 Å². The molecule has 1 aromatic carbocycles. The lowest BCUT2D eigenvalue weighted by Gasteiger charge is -2.36. The lowest BCUT2D eigenvalue weighted by atomic mass is 9.73. The van der Waals surface area contributed by atoms with Crippen LogP contribution in [0, 0.1) is 0 Å². The zero-order chi connectivity index (χ0) is 18.7. The van der Waals surface area contributed by atoms with Gasteiger partial charge in [0, 0.05) is 31.7 Å². The zero-order valence-corrected chi connectivity index (χ0v) is 15.4. The van der Waals surface area contributed by atoms with E-state index in [9.17, 15) is 9.59 Å². The number of carbonyl (C=O) groups excluding carboxylic acids is 1. The van der Waals surface area contributed by atoms with Crippen LogP contribution in [0.5, 0.6) is 0 Å². The van der Waals surface area contributed by atoms with Crippen LogP contribution in [-0.4, -0.2) is 35.4 Å². The van der Waals surface area contributed by atoms with E-state index in [0.717, 1.165) is 24.1 Å². The molecule has 4 rings (SSSR count). The Kier molecular flexibility index (Phi) is 5.07. The van der Waals surface area contributed by atoms with E-state index in [1.54, 1.807) is 6.07 Å². The molecule has 0 spiro atoms. The van der Waals surface area contributed by atoms with E-state index in [1.165, 1.54) is 4.68 Å². The molecule has 0 radical (unpaired) electrons. The molecule has 2 fully saturated rings. The molecule has 1 aromatic heterocycles. The largest absolute Gasteiger partial charge is 0.381 e. The van der Waals surface area contributed by atoms with Gasteiger partial charge in [-0.2, -0.15) is 5.10 Å². The van der Waals surface area contributed by atoms with Crippen molar-refractivity contribution in [2.24, 2.45) is 0 Å². The second-order valence-corrected chi connectivity index (χ2v) is 7.41. The highest BCUT2D eigenvalue weighted by molar-refractivity contribution is 5.88. The molecule has 0 bridgehead atoms. The average molecular weight is 367 g/mol. The van der Waals surface area contributed by atoms with Gasteiger partial charge in [-0.3, -0.25) is 9.59 Å². The van der Waals surface area contributed by atoms with Crippen LogP contribution in [0.3, 0.4) is 0 Å². The summed E-state index contributed by atoms with van der Waals surface area (Å²) in [5, 5.41) is 7.49. The van der Waals surface area contributed by atoms with Gasteiger partial charge in [-0.1, -0.05) is 30.3 Å². The summed E-state index contributed by atoms with van der Waals surface area (Å²) in [6.45, 7) is 1.92. The third kappa shape index (κ3) is 3.81. The number of nitrogens with zero attached hydrogens (tertiary/aromatic N) is 2. The molecule has 2 aromatic rings. The van der Waals surface area contributed by atoms with Gasteiger partial charge in [-0.15, -0.1) is 0 Å². The zero-order valence-electron chi connectivity index (χ0n) is 15.4. The molecule has 2 heterocycles. The minimum atomic E-state index is -0.562. The number of amides is 1. The molecule has 1 saturated carbocycles. The number of rotatable bonds is 6. The molecule has 2 aliphatic rings. The van der Waals surface area contributed by atoms with Crippen LogP contribution in [0.15, 0.2) is 47.3 Å². The molecule has 1 amide bonds. The van der Waals surface area contributed by atoms with Crippen molar-refractivity contribution in [3.63, 3.8) is 0 Å². The van der Waals surface area contributed by atoms with Crippen molar-refractivity contribution < 1.29 is 9.53 Å². The summed E-state index contributed by atoms with van der Waals surface area (Å²) in [5.41, 5.74) is 1.31. The molecule has 27 heavy (non-hydrogen) atoms. The van der Waals surface area contributed by atoms with Crippen LogP contribution >= 0.6 is 0 Å². The molecule has 142 valence electrons. The summed E-state index contributed by atoms with van der Waals surface area (Å²) in [7, 11) is 0. The predicted molar refractivity (Wildman–Crippen MR) is 102 cm³/mol. The Bertz CT molecular complexity index is 852. The predicted octanol–water partition coefficient (Wildman–Crippen LogP) is 1.99. The third-order valence-electron chi connectivity index (χ3n) is 5.60. The topological polar surface area (TPSA) is 73.2 Å². The van der Waals surface area contributed by atoms with Gasteiger partial charge >= 0.3 is 0 Å². The van der Waals surface area contributed by atoms with Crippen molar-refractivity contribution in [3.8, 4) is 0 Å². The molecule has 1 aliphatic carbocycles. The lowest BCUT2D eigenvalue weighted by molar-refractivity contribution is -0.130. The second-order valence-electron chi connectivity index (χ2n) is 7.41. The van der Waals surface area contributed by atoms with Gasteiger partial charge in [0.1, 0.15) is 0 Å². The van der Waals surface area contributed by atoms with Gasteiger partial charge in [0.05, 0.1) is 17.7 Å². The summed E-state index contributed by atoms with van der Waals surface area (Å²) in [6.07, 6.45) is 3.61. The van der Waals surface area contributed by atoms with Gasteiger partial charge in [-0.05, 0) is 37.3 Å². The average Bonchev–Trinajstić information content (AvgIpc) is 3.56. The van der Waals surface area contributed by atoms with Crippen molar-refractivity contribution in [1.29, 1.82) is 0 Å². The maximum atomic E-state index is 13.1. The van der Waals surface area contributed by atoms with Gasteiger partial charge in [0.25, 0.3) is 5.56 Å². The first-order valence-corrected chi connectivity index (χ1v) is 9.69. The molecule has 1 N–H and O–H groups in total. The quantitative estimate of drug-likeness (QED) is 0.847. The van der Waals surface area contributed by atoms with Crippen LogP contribution in [0.2, 0.25) is 0 Å². The maximum Gasteiger partial charge on any atom is 0.266 e. The molecular formula is C21H25N3O3. The van der Waals surface area contributed by atoms with Crippen LogP contribution in [-0.2, 0) is 21.5 Å². The fourth-order valence-electron chi connectivity index (χ4n) is 3.79. The number of benzene rings is 1. The molecule has 0 atom stereocenters. The van der Waals surface area contributed by atoms with Crippen molar-refractivity contribution >= 4 is 5.91 Å². The summed E-state index contributed by atoms with van der Waals surface area (Å²) in [6, 6.07) is 13.3. The molecule has 6 heteroatoms. The standard InChI is InChI=1S/C21H25N3O3/c25-19-9-8-18(16-6-7-16)23-24(19)13-12-22-20(26)21(10-14-27-15-11-21)17-4-2-1-3-5-17/h1-5,8-9,16H,6-7,10-15H2,(H,22,26). The van der Waals surface area contributed by atoms with E-state index >= 15 is 0 Å². The Morgan fingerprint density at radius 3 is 2.59 bits per heavy atom. The Labute approximate surface area is 158 Å². The molecule has 0 unspecified atom stereocenters. The Morgan fingerprint density at radius 2 is 1.89 bits per heavy atom. The fourth-order valence-corrected chi connectivity index (χ4v) is 3.79. The van der Waals surface area contributed by atoms with Crippen LogP contribution < -0.4 is 10.9 Å². The van der Waals surface area contributed by atoms with Gasteiger partial charge in [0.2, 0.25) is 5.91 Å². The summed E-state index contributed by atoms with van der Waals surface area (Å²) < 4.78 is 6.96. The third-order valence-corrected chi connectivity index (χ3v) is 5.60. The Morgan fingerprint density at radius 1 is 1.15 bits per heavy atom. The maximum absolute atomic E-state index is 13.1. The summed E-state index contributed by atoms with van der Waals surface area (Å²) in [5.74, 6) is 0.499. The van der Waals surface area contributed by atoms with E-state index in [0.29, 0.717) is 45.1 Å². The second kappa shape index (κ2) is 7.64. The van der Waals surface area contributed by atoms with Crippen molar-refractivity contribution in [1.82, 2.24) is 15.1 Å². The van der Waals surface area contributed by atoms with E-state index in [-0.39, 0.29) is 11.5 Å². The van der Waals surface area contributed by atoms with Crippen LogP contribution in [0.1, 0.15) is 42.9 Å². The number of carbonyl (C=O) groups is 1.